The molecule has 1 unspecified atom stereocenters. The number of carbonyl (C=O) groups is 1. The molecule has 0 fully saturated rings. The van der Waals surface area contributed by atoms with Crippen molar-refractivity contribution in [2.45, 2.75) is 4.83 Å². The van der Waals surface area contributed by atoms with Crippen molar-refractivity contribution in [2.75, 3.05) is 0 Å². The number of hydrogen-bond donors (Lipinski definition) is 0. The zero-order chi connectivity index (χ0) is 8.27. The summed E-state index contributed by atoms with van der Waals surface area (Å²) in [5.41, 5.74) is 0.701. The van der Waals surface area contributed by atoms with Gasteiger partial charge in [0.2, 0.25) is 0 Å². The van der Waals surface area contributed by atoms with Crippen molar-refractivity contribution in [3.8, 4) is 0 Å². The van der Waals surface area contributed by atoms with Crippen molar-refractivity contribution in [1.29, 1.82) is 0 Å². The molecule has 1 atom stereocenters. The molecule has 1 aromatic carbocycles. The largest absolute Gasteiger partial charge is 0.373 e. The third kappa shape index (κ3) is 2.05. The van der Waals surface area contributed by atoms with Crippen LogP contribution in [0.1, 0.15) is 10.4 Å². The normalized spacial score (nSPS) is 12.5. The standard InChI is InChI=1S/C8H6BrO2/c9-7(8(10)11)6-4-2-1-3-5-6/h1-5,7H. The van der Waals surface area contributed by atoms with Gasteiger partial charge in [0.05, 0.1) is 0 Å². The van der Waals surface area contributed by atoms with E-state index in [0.717, 1.165) is 0 Å². The lowest BCUT2D eigenvalue weighted by molar-refractivity contribution is -0.142. The fourth-order valence-electron chi connectivity index (χ4n) is 0.758. The minimum Gasteiger partial charge on any atom is -0.246 e. The molecule has 0 aromatic heterocycles. The molecule has 0 spiro atoms. The van der Waals surface area contributed by atoms with E-state index in [0.29, 0.717) is 5.56 Å². The molecule has 11 heavy (non-hydrogen) atoms. The maximum atomic E-state index is 10.3. The molecule has 57 valence electrons. The highest BCUT2D eigenvalue weighted by Crippen LogP contribution is 2.21. The minimum atomic E-state index is -1.11. The molecule has 2 nitrogen and oxygen atoms in total. The third-order valence-electron chi connectivity index (χ3n) is 1.30. The lowest BCUT2D eigenvalue weighted by Gasteiger charge is -2.00. The van der Waals surface area contributed by atoms with E-state index < -0.39 is 10.8 Å². The lowest BCUT2D eigenvalue weighted by Crippen LogP contribution is -2.01. The number of carbonyl (C=O) groups excluding carboxylic acids is 1. The molecule has 0 amide bonds. The van der Waals surface area contributed by atoms with Gasteiger partial charge in [-0.25, -0.2) is 9.90 Å². The molecule has 0 saturated heterocycles. The number of halogens is 1. The Kier molecular flexibility index (Phi) is 2.65. The summed E-state index contributed by atoms with van der Waals surface area (Å²) in [4.78, 5) is 9.64. The fraction of sp³-hybridized carbons (Fsp3) is 0.125. The molecule has 0 N–H and O–H groups in total. The van der Waals surface area contributed by atoms with E-state index in [1.54, 1.807) is 24.3 Å². The van der Waals surface area contributed by atoms with Gasteiger partial charge in [-0.1, -0.05) is 46.3 Å². The van der Waals surface area contributed by atoms with Crippen LogP contribution in [0.4, 0.5) is 0 Å². The first-order chi connectivity index (χ1) is 5.22. The molecule has 1 radical (unpaired) electrons. The van der Waals surface area contributed by atoms with Crippen molar-refractivity contribution < 1.29 is 9.90 Å². The van der Waals surface area contributed by atoms with Crippen LogP contribution in [-0.2, 0) is 9.90 Å². The van der Waals surface area contributed by atoms with Crippen LogP contribution in [0.3, 0.4) is 0 Å². The Morgan fingerprint density at radius 3 is 2.27 bits per heavy atom. The summed E-state index contributed by atoms with van der Waals surface area (Å²) in [6, 6.07) is 8.86. The van der Waals surface area contributed by atoms with E-state index in [1.165, 1.54) is 0 Å². The molecular formula is C8H6BrO2. The average Bonchev–Trinajstić information content (AvgIpc) is 2.05. The van der Waals surface area contributed by atoms with Crippen molar-refractivity contribution in [3.63, 3.8) is 0 Å². The van der Waals surface area contributed by atoms with Crippen LogP contribution in [0, 0.1) is 0 Å². The topological polar surface area (TPSA) is 37.0 Å². The summed E-state index contributed by atoms with van der Waals surface area (Å²) in [5.74, 6) is -1.11. The molecule has 0 bridgehead atoms. The first-order valence-corrected chi connectivity index (χ1v) is 4.03. The number of benzene rings is 1. The van der Waals surface area contributed by atoms with Gasteiger partial charge in [-0.05, 0) is 5.56 Å². The molecule has 3 heteroatoms. The predicted octanol–water partition coefficient (Wildman–Crippen LogP) is 2.08. The molecule has 0 aliphatic carbocycles. The van der Waals surface area contributed by atoms with Gasteiger partial charge in [-0.2, -0.15) is 0 Å². The summed E-state index contributed by atoms with van der Waals surface area (Å²) < 4.78 is 0. The maximum Gasteiger partial charge on any atom is 0.373 e. The van der Waals surface area contributed by atoms with Crippen LogP contribution >= 0.6 is 15.9 Å². The van der Waals surface area contributed by atoms with Crippen LogP contribution in [0.2, 0.25) is 0 Å². The zero-order valence-corrected chi connectivity index (χ0v) is 7.24. The molecule has 0 aliphatic rings. The molecule has 0 heterocycles. The summed E-state index contributed by atoms with van der Waals surface area (Å²) in [7, 11) is 0. The van der Waals surface area contributed by atoms with Gasteiger partial charge in [0, 0.05) is 0 Å². The molecule has 1 aromatic rings. The fourth-order valence-corrected chi connectivity index (χ4v) is 1.06. The van der Waals surface area contributed by atoms with Crippen molar-refractivity contribution in [3.05, 3.63) is 35.9 Å². The van der Waals surface area contributed by atoms with Gasteiger partial charge in [0.15, 0.2) is 0 Å². The Balaban J connectivity index is 2.85. The monoisotopic (exact) mass is 213 g/mol. The van der Waals surface area contributed by atoms with E-state index in [1.807, 2.05) is 6.07 Å². The van der Waals surface area contributed by atoms with Gasteiger partial charge in [0.25, 0.3) is 0 Å². The molecule has 0 aliphatic heterocycles. The SMILES string of the molecule is [O]C(=O)C(Br)c1ccccc1. The highest BCUT2D eigenvalue weighted by molar-refractivity contribution is 9.09. The summed E-state index contributed by atoms with van der Waals surface area (Å²) in [6.45, 7) is 0. The minimum absolute atomic E-state index is 0.701. The Bertz CT molecular complexity index is 246. The van der Waals surface area contributed by atoms with Crippen LogP contribution in [0.25, 0.3) is 0 Å². The van der Waals surface area contributed by atoms with E-state index in [-0.39, 0.29) is 0 Å². The number of rotatable bonds is 2. The first-order valence-electron chi connectivity index (χ1n) is 3.11. The summed E-state index contributed by atoms with van der Waals surface area (Å²) in [5, 5.41) is 10.3. The van der Waals surface area contributed by atoms with E-state index in [2.05, 4.69) is 15.9 Å². The smallest absolute Gasteiger partial charge is 0.246 e. The van der Waals surface area contributed by atoms with E-state index in [9.17, 15) is 9.90 Å². The first kappa shape index (κ1) is 8.27. The van der Waals surface area contributed by atoms with Gasteiger partial charge in [0.1, 0.15) is 4.83 Å². The Labute approximate surface area is 73.0 Å². The quantitative estimate of drug-likeness (QED) is 0.694. The van der Waals surface area contributed by atoms with E-state index in [4.69, 9.17) is 0 Å². The van der Waals surface area contributed by atoms with Gasteiger partial charge in [-0.3, -0.25) is 0 Å². The summed E-state index contributed by atoms with van der Waals surface area (Å²) >= 11 is 2.99. The number of hydrogen-bond acceptors (Lipinski definition) is 1. The van der Waals surface area contributed by atoms with Crippen molar-refractivity contribution in [2.24, 2.45) is 0 Å². The van der Waals surface area contributed by atoms with Gasteiger partial charge < -0.3 is 0 Å². The van der Waals surface area contributed by atoms with E-state index >= 15 is 0 Å². The molecule has 0 saturated carbocycles. The molecular weight excluding hydrogens is 208 g/mol. The predicted molar refractivity (Wildman–Crippen MR) is 43.8 cm³/mol. The Hall–Kier alpha value is -0.830. The maximum absolute atomic E-state index is 10.3. The lowest BCUT2D eigenvalue weighted by atomic mass is 10.2. The second-order valence-corrected chi connectivity index (χ2v) is 3.01. The Morgan fingerprint density at radius 1 is 1.27 bits per heavy atom. The number of alkyl halides is 1. The van der Waals surface area contributed by atoms with Crippen LogP contribution < -0.4 is 0 Å². The second kappa shape index (κ2) is 3.53. The third-order valence-corrected chi connectivity index (χ3v) is 2.20. The van der Waals surface area contributed by atoms with Gasteiger partial charge >= 0.3 is 5.97 Å². The average molecular weight is 214 g/mol. The van der Waals surface area contributed by atoms with Gasteiger partial charge in [-0.15, -0.1) is 0 Å². The van der Waals surface area contributed by atoms with Crippen LogP contribution in [0.5, 0.6) is 0 Å². The second-order valence-electron chi connectivity index (χ2n) is 2.09. The van der Waals surface area contributed by atoms with Crippen LogP contribution in [-0.4, -0.2) is 5.97 Å². The zero-order valence-electron chi connectivity index (χ0n) is 5.66. The molecule has 1 rings (SSSR count). The Morgan fingerprint density at radius 2 is 1.82 bits per heavy atom. The summed E-state index contributed by atoms with van der Waals surface area (Å²) in [6.07, 6.45) is 0. The highest BCUT2D eigenvalue weighted by Gasteiger charge is 2.16. The van der Waals surface area contributed by atoms with Crippen molar-refractivity contribution >= 4 is 21.9 Å². The highest BCUT2D eigenvalue weighted by atomic mass is 79.9. The van der Waals surface area contributed by atoms with Crippen molar-refractivity contribution in [1.82, 2.24) is 0 Å². The van der Waals surface area contributed by atoms with Crippen LogP contribution in [0.15, 0.2) is 30.3 Å².